The van der Waals surface area contributed by atoms with Gasteiger partial charge in [-0.05, 0) is 47.9 Å². The van der Waals surface area contributed by atoms with Crippen LogP contribution in [-0.4, -0.2) is 20.7 Å². The summed E-state index contributed by atoms with van der Waals surface area (Å²) in [4.78, 5) is 16.9. The third-order valence-electron chi connectivity index (χ3n) is 5.20. The number of hydrogen-bond donors (Lipinski definition) is 2. The number of aromatic nitrogens is 3. The van der Waals surface area contributed by atoms with E-state index in [1.807, 2.05) is 48.5 Å². The van der Waals surface area contributed by atoms with E-state index in [0.29, 0.717) is 22.4 Å². The Morgan fingerprint density at radius 2 is 1.90 bits per heavy atom. The second-order valence-electron chi connectivity index (χ2n) is 7.16. The van der Waals surface area contributed by atoms with Crippen molar-refractivity contribution in [1.29, 1.82) is 0 Å². The summed E-state index contributed by atoms with van der Waals surface area (Å²) in [6.45, 7) is 0. The minimum atomic E-state index is -0.420. The molecule has 156 valence electrons. The van der Waals surface area contributed by atoms with E-state index in [0.717, 1.165) is 11.1 Å². The fourth-order valence-corrected chi connectivity index (χ4v) is 4.11. The number of furan rings is 1. The minimum absolute atomic E-state index is 0.0381. The molecule has 3 heterocycles. The lowest BCUT2D eigenvalue weighted by Gasteiger charge is -2.32. The summed E-state index contributed by atoms with van der Waals surface area (Å²) in [5.74, 6) is 0.475. The summed E-state index contributed by atoms with van der Waals surface area (Å²) in [6.07, 6.45) is 2.12. The topological polar surface area (TPSA) is 85.0 Å². The molecule has 0 aliphatic carbocycles. The summed E-state index contributed by atoms with van der Waals surface area (Å²) in [5.41, 5.74) is 2.00. The highest BCUT2D eigenvalue weighted by Crippen LogP contribution is 2.40. The monoisotopic (exact) mass is 453 g/mol. The SMILES string of the molecule is O=C(Nc1nc2n(n1)[C@@H](c1ccccc1Cl)C[C@H](c1ccc(Cl)cc1)N2)c1ccco1. The first kappa shape index (κ1) is 19.7. The molecule has 0 unspecified atom stereocenters. The Kier molecular flexibility index (Phi) is 5.13. The van der Waals surface area contributed by atoms with Crippen LogP contribution in [0.3, 0.4) is 0 Å². The van der Waals surface area contributed by atoms with Crippen LogP contribution in [0.15, 0.2) is 71.3 Å². The Morgan fingerprint density at radius 3 is 2.65 bits per heavy atom. The van der Waals surface area contributed by atoms with E-state index in [9.17, 15) is 4.79 Å². The summed E-state index contributed by atoms with van der Waals surface area (Å²) in [5, 5.41) is 11.9. The van der Waals surface area contributed by atoms with Gasteiger partial charge in [-0.15, -0.1) is 5.10 Å². The molecule has 0 saturated heterocycles. The van der Waals surface area contributed by atoms with Crippen molar-refractivity contribution >= 4 is 41.0 Å². The number of carbonyl (C=O) groups excluding carboxylic acids is 1. The predicted octanol–water partition coefficient (Wildman–Crippen LogP) is 5.58. The van der Waals surface area contributed by atoms with Crippen LogP contribution >= 0.6 is 23.2 Å². The van der Waals surface area contributed by atoms with Crippen LogP contribution in [-0.2, 0) is 0 Å². The van der Waals surface area contributed by atoms with Gasteiger partial charge in [-0.3, -0.25) is 10.1 Å². The van der Waals surface area contributed by atoms with Gasteiger partial charge in [0.05, 0.1) is 18.3 Å². The van der Waals surface area contributed by atoms with E-state index in [1.165, 1.54) is 6.26 Å². The van der Waals surface area contributed by atoms with Crippen molar-refractivity contribution in [3.63, 3.8) is 0 Å². The maximum Gasteiger partial charge on any atom is 0.293 e. The van der Waals surface area contributed by atoms with Gasteiger partial charge in [0, 0.05) is 10.0 Å². The third kappa shape index (κ3) is 3.89. The predicted molar refractivity (Wildman–Crippen MR) is 119 cm³/mol. The van der Waals surface area contributed by atoms with Crippen molar-refractivity contribution in [3.8, 4) is 0 Å². The number of nitrogens with one attached hydrogen (secondary N) is 2. The summed E-state index contributed by atoms with van der Waals surface area (Å²) in [7, 11) is 0. The fraction of sp³-hybridized carbons (Fsp3) is 0.136. The first-order valence-corrected chi connectivity index (χ1v) is 10.4. The number of benzene rings is 2. The zero-order valence-electron chi connectivity index (χ0n) is 16.1. The van der Waals surface area contributed by atoms with Crippen LogP contribution in [0, 0.1) is 0 Å². The number of halogens is 2. The number of rotatable bonds is 4. The lowest BCUT2D eigenvalue weighted by atomic mass is 9.93. The number of fused-ring (bicyclic) bond motifs is 1. The van der Waals surface area contributed by atoms with Gasteiger partial charge in [0.15, 0.2) is 5.76 Å². The normalized spacial score (nSPS) is 17.6. The highest BCUT2D eigenvalue weighted by molar-refractivity contribution is 6.31. The Hall–Kier alpha value is -3.29. The molecule has 5 rings (SSSR count). The van der Waals surface area contributed by atoms with E-state index >= 15 is 0 Å². The first-order chi connectivity index (χ1) is 15.1. The van der Waals surface area contributed by atoms with Crippen molar-refractivity contribution in [3.05, 3.63) is 93.9 Å². The largest absolute Gasteiger partial charge is 0.459 e. The average Bonchev–Trinajstić information content (AvgIpc) is 3.44. The average molecular weight is 454 g/mol. The van der Waals surface area contributed by atoms with Crippen molar-refractivity contribution < 1.29 is 9.21 Å². The third-order valence-corrected chi connectivity index (χ3v) is 5.79. The molecule has 1 aliphatic heterocycles. The van der Waals surface area contributed by atoms with Crippen LogP contribution in [0.1, 0.15) is 40.2 Å². The molecule has 31 heavy (non-hydrogen) atoms. The minimum Gasteiger partial charge on any atom is -0.459 e. The highest BCUT2D eigenvalue weighted by atomic mass is 35.5. The zero-order chi connectivity index (χ0) is 21.4. The van der Waals surface area contributed by atoms with Crippen LogP contribution in [0.4, 0.5) is 11.9 Å². The van der Waals surface area contributed by atoms with E-state index in [-0.39, 0.29) is 23.8 Å². The van der Waals surface area contributed by atoms with Crippen molar-refractivity contribution in [1.82, 2.24) is 14.8 Å². The molecule has 2 aromatic heterocycles. The molecule has 0 bridgehead atoms. The highest BCUT2D eigenvalue weighted by Gasteiger charge is 2.32. The van der Waals surface area contributed by atoms with Gasteiger partial charge < -0.3 is 9.73 Å². The maximum atomic E-state index is 12.4. The molecule has 0 radical (unpaired) electrons. The van der Waals surface area contributed by atoms with Crippen molar-refractivity contribution in [2.24, 2.45) is 0 Å². The van der Waals surface area contributed by atoms with Crippen LogP contribution in [0.25, 0.3) is 0 Å². The molecule has 0 spiro atoms. The van der Waals surface area contributed by atoms with E-state index < -0.39 is 5.91 Å². The quantitative estimate of drug-likeness (QED) is 0.421. The lowest BCUT2D eigenvalue weighted by molar-refractivity contribution is 0.0995. The Labute approximate surface area is 188 Å². The molecule has 2 atom stereocenters. The second-order valence-corrected chi connectivity index (χ2v) is 8.00. The molecular formula is C22H17Cl2N5O2. The molecule has 7 nitrogen and oxygen atoms in total. The summed E-state index contributed by atoms with van der Waals surface area (Å²) in [6, 6.07) is 18.3. The Bertz CT molecular complexity index is 1220. The Morgan fingerprint density at radius 1 is 1.10 bits per heavy atom. The number of amides is 1. The number of anilines is 2. The summed E-state index contributed by atoms with van der Waals surface area (Å²) < 4.78 is 6.90. The van der Waals surface area contributed by atoms with E-state index in [1.54, 1.807) is 16.8 Å². The molecular weight excluding hydrogens is 437 g/mol. The van der Waals surface area contributed by atoms with Crippen LogP contribution in [0.2, 0.25) is 10.0 Å². The molecule has 4 aromatic rings. The molecule has 9 heteroatoms. The maximum absolute atomic E-state index is 12.4. The number of hydrogen-bond acceptors (Lipinski definition) is 5. The van der Waals surface area contributed by atoms with Gasteiger partial charge in [0.1, 0.15) is 0 Å². The first-order valence-electron chi connectivity index (χ1n) is 9.66. The van der Waals surface area contributed by atoms with E-state index in [4.69, 9.17) is 27.6 Å². The van der Waals surface area contributed by atoms with Gasteiger partial charge >= 0.3 is 0 Å². The second kappa shape index (κ2) is 8.09. The number of nitrogens with zero attached hydrogens (tertiary/aromatic N) is 3. The zero-order valence-corrected chi connectivity index (χ0v) is 17.6. The molecule has 0 fully saturated rings. The van der Waals surface area contributed by atoms with Gasteiger partial charge in [-0.25, -0.2) is 4.68 Å². The molecule has 0 saturated carbocycles. The van der Waals surface area contributed by atoms with E-state index in [2.05, 4.69) is 20.7 Å². The molecule has 2 aromatic carbocycles. The van der Waals surface area contributed by atoms with Crippen molar-refractivity contribution in [2.75, 3.05) is 10.6 Å². The van der Waals surface area contributed by atoms with Crippen LogP contribution < -0.4 is 10.6 Å². The van der Waals surface area contributed by atoms with Crippen LogP contribution in [0.5, 0.6) is 0 Å². The number of carbonyl (C=O) groups is 1. The van der Waals surface area contributed by atoms with Gasteiger partial charge in [-0.1, -0.05) is 53.5 Å². The molecule has 1 aliphatic rings. The standard InChI is InChI=1S/C22H17Cl2N5O2/c23-14-9-7-13(8-10-14)17-12-18(15-4-1-2-5-16(15)24)29-22(25-17)27-21(28-29)26-20(30)19-6-3-11-31-19/h1-11,17-18H,12H2,(H2,25,26,27,28,30)/t17-,18-/m1/s1. The molecule has 1 amide bonds. The smallest absolute Gasteiger partial charge is 0.293 e. The van der Waals surface area contributed by atoms with Gasteiger partial charge in [0.2, 0.25) is 5.95 Å². The summed E-state index contributed by atoms with van der Waals surface area (Å²) >= 11 is 12.6. The van der Waals surface area contributed by atoms with Gasteiger partial charge in [0.25, 0.3) is 11.9 Å². The molecule has 2 N–H and O–H groups in total. The fourth-order valence-electron chi connectivity index (χ4n) is 3.72. The van der Waals surface area contributed by atoms with Gasteiger partial charge in [-0.2, -0.15) is 4.98 Å². The lowest BCUT2D eigenvalue weighted by Crippen LogP contribution is -2.28. The Balaban J connectivity index is 1.52. The van der Waals surface area contributed by atoms with Crippen molar-refractivity contribution in [2.45, 2.75) is 18.5 Å².